The summed E-state index contributed by atoms with van der Waals surface area (Å²) in [6.07, 6.45) is -7.55. The van der Waals surface area contributed by atoms with Crippen molar-refractivity contribution < 1.29 is 35.9 Å². The van der Waals surface area contributed by atoms with Gasteiger partial charge in [-0.15, -0.1) is 11.8 Å². The fourth-order valence-corrected chi connectivity index (χ4v) is 5.66. The number of Topliss-reactive ketones (excluding diaryl/α,β-unsaturated/α-hetero) is 1. The largest absolute Gasteiger partial charge is 0.497 e. The maximum absolute atomic E-state index is 12.6. The Morgan fingerprint density at radius 1 is 0.500 bits per heavy atom. The van der Waals surface area contributed by atoms with E-state index in [0.717, 1.165) is 42.0 Å². The Bertz CT molecular complexity index is 2120. The van der Waals surface area contributed by atoms with Crippen LogP contribution in [0.2, 0.25) is 0 Å². The normalized spacial score (nSPS) is 10.5. The molecule has 0 aliphatic rings. The summed E-state index contributed by atoms with van der Waals surface area (Å²) in [5.41, 5.74) is 0.556. The minimum Gasteiger partial charge on any atom is -0.497 e. The summed E-state index contributed by atoms with van der Waals surface area (Å²) >= 11 is 1.77. The smallest absolute Gasteiger partial charge is 0.406 e. The molecule has 0 aromatic heterocycles. The summed E-state index contributed by atoms with van der Waals surface area (Å²) in [5.74, 6) is 1.03. The molecule has 9 heteroatoms. The lowest BCUT2D eigenvalue weighted by molar-refractivity contribution is -0.297. The number of alkyl halides is 6. The number of hydrogen-bond donors (Lipinski definition) is 0. The summed E-state index contributed by atoms with van der Waals surface area (Å²) in [6.45, 7) is 12.6. The van der Waals surface area contributed by atoms with E-state index in [1.165, 1.54) is 27.7 Å². The number of hydrogen-bond acceptors (Lipinski definition) is 3. The third-order valence-electron chi connectivity index (χ3n) is 9.45. The standard InChI is InChI=1S/C10H8F6.C10H14.C8H8O.C8H10.C7H8O.C7H8S.C7H8/c1-8(9(11,12)13,10(14,15)16)7-5-3-2-4-6-7;1-10(2,3)9-7-5-4-6-8-9;1-7(9)8-5-3-2-4-6-8;1-2-8-6-4-3-5-7-8;2*1-8-7-5-3-2-4-6-7;1-7-5-3-2-4-6-7/h2-6H,1H3;4-8H,1-3H3;2-6H,1H3;3-7H,2H2,1H3;2*2-6H,1H3;2-6H,1H3. The predicted molar refractivity (Wildman–Crippen MR) is 266 cm³/mol. The molecule has 7 aromatic rings. The molecule has 7 rings (SSSR count). The number of aryl methyl sites for hydroxylation is 2. The van der Waals surface area contributed by atoms with Gasteiger partial charge in [0.15, 0.2) is 11.2 Å². The van der Waals surface area contributed by atoms with Crippen molar-refractivity contribution in [3.05, 3.63) is 240 Å². The second-order valence-corrected chi connectivity index (χ2v) is 16.4. The Kier molecular flexibility index (Phi) is 27.2. The van der Waals surface area contributed by atoms with Gasteiger partial charge in [-0.1, -0.05) is 221 Å². The lowest BCUT2D eigenvalue weighted by atomic mass is 9.81. The minimum absolute atomic E-state index is 0.121. The van der Waals surface area contributed by atoms with Crippen LogP contribution in [0.15, 0.2) is 217 Å². The fourth-order valence-electron chi connectivity index (χ4n) is 5.23. The lowest BCUT2D eigenvalue weighted by Crippen LogP contribution is -2.51. The number of carbonyl (C=O) groups is 1. The molecular formula is C57H64F6O2S. The Morgan fingerprint density at radius 3 is 1.06 bits per heavy atom. The molecule has 0 saturated heterocycles. The summed E-state index contributed by atoms with van der Waals surface area (Å²) in [6, 6.07) is 65.8. The van der Waals surface area contributed by atoms with Crippen LogP contribution in [0.4, 0.5) is 26.3 Å². The van der Waals surface area contributed by atoms with Gasteiger partial charge < -0.3 is 4.74 Å². The highest BCUT2D eigenvalue weighted by Crippen LogP contribution is 2.51. The topological polar surface area (TPSA) is 26.3 Å². The molecule has 2 nitrogen and oxygen atoms in total. The Balaban J connectivity index is 0.000000392. The van der Waals surface area contributed by atoms with Crippen LogP contribution in [-0.4, -0.2) is 31.5 Å². The van der Waals surface area contributed by atoms with Crippen molar-refractivity contribution in [1.29, 1.82) is 0 Å². The van der Waals surface area contributed by atoms with Gasteiger partial charge in [-0.25, -0.2) is 0 Å². The number of para-hydroxylation sites is 1. The van der Waals surface area contributed by atoms with Crippen molar-refractivity contribution in [3.8, 4) is 5.75 Å². The monoisotopic (exact) mass is 926 g/mol. The molecule has 0 saturated carbocycles. The second-order valence-electron chi connectivity index (χ2n) is 15.6. The van der Waals surface area contributed by atoms with E-state index < -0.39 is 23.3 Å². The minimum atomic E-state index is -5.38. The van der Waals surface area contributed by atoms with E-state index in [2.05, 4.69) is 120 Å². The van der Waals surface area contributed by atoms with Gasteiger partial charge >= 0.3 is 12.4 Å². The SMILES string of the molecule is CC(=O)c1ccccc1.CC(C)(C)c1ccccc1.CC(c1ccccc1)(C(F)(F)F)C(F)(F)F.CCc1ccccc1.COc1ccccc1.CSc1ccccc1.Cc1ccccc1. The molecule has 7 aromatic carbocycles. The first kappa shape index (κ1) is 58.0. The average molecular weight is 927 g/mol. The number of rotatable bonds is 5. The zero-order valence-corrected chi connectivity index (χ0v) is 40.2. The molecular weight excluding hydrogens is 863 g/mol. The van der Waals surface area contributed by atoms with E-state index in [-0.39, 0.29) is 12.7 Å². The molecule has 0 spiro atoms. The van der Waals surface area contributed by atoms with Gasteiger partial charge in [-0.05, 0) is 79.8 Å². The molecule has 0 bridgehead atoms. The Morgan fingerprint density at radius 2 is 0.833 bits per heavy atom. The van der Waals surface area contributed by atoms with Gasteiger partial charge in [0, 0.05) is 10.5 Å². The van der Waals surface area contributed by atoms with Crippen LogP contribution in [0.1, 0.15) is 74.2 Å². The van der Waals surface area contributed by atoms with E-state index >= 15 is 0 Å². The molecule has 0 heterocycles. The van der Waals surface area contributed by atoms with E-state index in [1.54, 1.807) is 25.8 Å². The van der Waals surface area contributed by atoms with Crippen LogP contribution < -0.4 is 4.74 Å². The number of benzene rings is 7. The van der Waals surface area contributed by atoms with Gasteiger partial charge in [-0.2, -0.15) is 26.3 Å². The third kappa shape index (κ3) is 23.2. The molecule has 0 N–H and O–H groups in total. The first-order chi connectivity index (χ1) is 31.2. The van der Waals surface area contributed by atoms with Gasteiger partial charge in [0.2, 0.25) is 0 Å². The highest BCUT2D eigenvalue weighted by atomic mass is 32.2. The number of ether oxygens (including phenoxy) is 1. The lowest BCUT2D eigenvalue weighted by Gasteiger charge is -2.34. The van der Waals surface area contributed by atoms with E-state index in [4.69, 9.17) is 4.74 Å². The zero-order valence-electron chi connectivity index (χ0n) is 39.4. The van der Waals surface area contributed by atoms with Crippen LogP contribution in [0.3, 0.4) is 0 Å². The summed E-state index contributed by atoms with van der Waals surface area (Å²) < 4.78 is 80.3. The van der Waals surface area contributed by atoms with Crippen LogP contribution in [-0.2, 0) is 17.3 Å². The van der Waals surface area contributed by atoms with Crippen molar-refractivity contribution in [1.82, 2.24) is 0 Å². The van der Waals surface area contributed by atoms with Gasteiger partial charge in [0.1, 0.15) is 5.75 Å². The molecule has 0 amide bonds. The average Bonchev–Trinajstić information content (AvgIpc) is 3.33. The first-order valence-electron chi connectivity index (χ1n) is 21.2. The summed E-state index contributed by atoms with van der Waals surface area (Å²) in [5, 5.41) is 0. The van der Waals surface area contributed by atoms with Crippen LogP contribution in [0.5, 0.6) is 5.75 Å². The van der Waals surface area contributed by atoms with E-state index in [0.29, 0.717) is 5.41 Å². The Labute approximate surface area is 394 Å². The van der Waals surface area contributed by atoms with E-state index in [1.807, 2.05) is 103 Å². The molecule has 0 atom stereocenters. The number of methoxy groups -OCH3 is 1. The highest BCUT2D eigenvalue weighted by Gasteiger charge is 2.68. The van der Waals surface area contributed by atoms with Crippen LogP contribution in [0, 0.1) is 6.92 Å². The molecule has 0 aliphatic heterocycles. The Hall–Kier alpha value is -6.06. The maximum atomic E-state index is 12.6. The predicted octanol–water partition coefficient (Wildman–Crippen LogP) is 17.3. The summed E-state index contributed by atoms with van der Waals surface area (Å²) in [7, 11) is 1.66. The number of thioether (sulfide) groups is 1. The maximum Gasteiger partial charge on any atom is 0.406 e. The molecule has 0 unspecified atom stereocenters. The molecule has 0 aliphatic carbocycles. The van der Waals surface area contributed by atoms with Crippen molar-refractivity contribution in [3.63, 3.8) is 0 Å². The quantitative estimate of drug-likeness (QED) is 0.0977. The fraction of sp³-hybridized carbons (Fsp3) is 0.246. The van der Waals surface area contributed by atoms with Crippen molar-refractivity contribution in [2.45, 2.75) is 83.0 Å². The summed E-state index contributed by atoms with van der Waals surface area (Å²) in [4.78, 5) is 12.0. The first-order valence-corrected chi connectivity index (χ1v) is 22.5. The number of carbonyl (C=O) groups excluding carboxylic acids is 1. The molecule has 0 radical (unpaired) electrons. The highest BCUT2D eigenvalue weighted by molar-refractivity contribution is 7.98. The van der Waals surface area contributed by atoms with Gasteiger partial charge in [-0.3, -0.25) is 4.79 Å². The zero-order chi connectivity index (χ0) is 49.5. The molecule has 0 fully saturated rings. The van der Waals surface area contributed by atoms with Gasteiger partial charge in [0.05, 0.1) is 7.11 Å². The second kappa shape index (κ2) is 31.0. The molecule has 66 heavy (non-hydrogen) atoms. The van der Waals surface area contributed by atoms with Crippen molar-refractivity contribution in [2.24, 2.45) is 0 Å². The van der Waals surface area contributed by atoms with Crippen molar-refractivity contribution >= 4 is 17.5 Å². The third-order valence-corrected chi connectivity index (χ3v) is 10.2. The number of halogens is 6. The molecule has 352 valence electrons. The van der Waals surface area contributed by atoms with Crippen molar-refractivity contribution in [2.75, 3.05) is 13.4 Å². The number of ketones is 1. The van der Waals surface area contributed by atoms with Gasteiger partial charge in [0.25, 0.3) is 0 Å². The van der Waals surface area contributed by atoms with Crippen LogP contribution in [0.25, 0.3) is 0 Å². The van der Waals surface area contributed by atoms with E-state index in [9.17, 15) is 31.1 Å². The van der Waals surface area contributed by atoms with Crippen LogP contribution >= 0.6 is 11.8 Å².